The number of piperidine rings is 1. The maximum atomic E-state index is 13.2. The molecule has 0 saturated carbocycles. The molecule has 0 N–H and O–H groups in total. The molecule has 0 aliphatic carbocycles. The van der Waals surface area contributed by atoms with Gasteiger partial charge >= 0.3 is 0 Å². The molecule has 0 unspecified atom stereocenters. The van der Waals surface area contributed by atoms with Crippen LogP contribution in [0.2, 0.25) is 0 Å². The highest BCUT2D eigenvalue weighted by Crippen LogP contribution is 2.31. The summed E-state index contributed by atoms with van der Waals surface area (Å²) in [4.78, 5) is 15.3. The molecular formula is C23H28N2O3S. The maximum Gasteiger partial charge on any atom is 0.243 e. The van der Waals surface area contributed by atoms with E-state index in [2.05, 4.69) is 24.3 Å². The normalized spacial score (nSPS) is 21.4. The van der Waals surface area contributed by atoms with Crippen LogP contribution in [0, 0.1) is 6.92 Å². The molecule has 6 heteroatoms. The molecular weight excluding hydrogens is 384 g/mol. The molecule has 2 aliphatic rings. The van der Waals surface area contributed by atoms with Crippen LogP contribution in [-0.4, -0.2) is 49.2 Å². The number of sulfonamides is 1. The Morgan fingerprint density at radius 3 is 2.21 bits per heavy atom. The van der Waals surface area contributed by atoms with E-state index in [1.807, 2.05) is 17.9 Å². The molecule has 154 valence electrons. The van der Waals surface area contributed by atoms with Crippen molar-refractivity contribution >= 4 is 15.9 Å². The molecule has 1 amide bonds. The highest BCUT2D eigenvalue weighted by molar-refractivity contribution is 7.89. The fraction of sp³-hybridized carbons (Fsp3) is 0.435. The number of benzene rings is 2. The molecule has 0 radical (unpaired) electrons. The lowest BCUT2D eigenvalue weighted by Crippen LogP contribution is -2.49. The van der Waals surface area contributed by atoms with Gasteiger partial charge in [-0.2, -0.15) is 4.31 Å². The van der Waals surface area contributed by atoms with Gasteiger partial charge in [-0.05, 0) is 56.2 Å². The minimum absolute atomic E-state index is 0.0373. The average molecular weight is 413 g/mol. The first kappa shape index (κ1) is 20.1. The first-order valence-electron chi connectivity index (χ1n) is 10.4. The fourth-order valence-corrected chi connectivity index (χ4v) is 6.14. The number of amides is 1. The van der Waals surface area contributed by atoms with Gasteiger partial charge in [-0.15, -0.1) is 0 Å². The van der Waals surface area contributed by atoms with Gasteiger partial charge in [0.25, 0.3) is 0 Å². The Morgan fingerprint density at radius 1 is 0.897 bits per heavy atom. The van der Waals surface area contributed by atoms with Crippen molar-refractivity contribution in [2.24, 2.45) is 0 Å². The van der Waals surface area contributed by atoms with Gasteiger partial charge in [0.2, 0.25) is 15.9 Å². The summed E-state index contributed by atoms with van der Waals surface area (Å²) in [5, 5.41) is 0. The Kier molecular flexibility index (Phi) is 5.74. The van der Waals surface area contributed by atoms with Gasteiger partial charge in [0.1, 0.15) is 6.04 Å². The zero-order valence-corrected chi connectivity index (χ0v) is 17.6. The third kappa shape index (κ3) is 4.09. The molecule has 2 aromatic carbocycles. The van der Waals surface area contributed by atoms with Crippen molar-refractivity contribution < 1.29 is 13.2 Å². The second-order valence-corrected chi connectivity index (χ2v) is 9.99. The van der Waals surface area contributed by atoms with E-state index in [-0.39, 0.29) is 10.8 Å². The standard InChI is InChI=1S/C23H28N2O3S/c1-18-9-11-21(12-10-18)29(27,28)25-15-5-8-22(25)23(26)24-16-13-20(14-17-24)19-6-3-2-4-7-19/h2-4,6-7,9-12,20,22H,5,8,13-17H2,1H3/t22-/m0/s1. The second-order valence-electron chi connectivity index (χ2n) is 8.10. The average Bonchev–Trinajstić information content (AvgIpc) is 3.25. The van der Waals surface area contributed by atoms with E-state index in [0.717, 1.165) is 24.8 Å². The van der Waals surface area contributed by atoms with Crippen molar-refractivity contribution in [2.45, 2.75) is 49.5 Å². The van der Waals surface area contributed by atoms with Crippen LogP contribution in [0.15, 0.2) is 59.5 Å². The van der Waals surface area contributed by atoms with Crippen LogP contribution in [0.1, 0.15) is 42.7 Å². The summed E-state index contributed by atoms with van der Waals surface area (Å²) in [6.07, 6.45) is 3.17. The zero-order chi connectivity index (χ0) is 20.4. The SMILES string of the molecule is Cc1ccc(S(=O)(=O)N2CCC[C@H]2C(=O)N2CCC(c3ccccc3)CC2)cc1. The van der Waals surface area contributed by atoms with E-state index in [1.165, 1.54) is 9.87 Å². The second kappa shape index (κ2) is 8.28. The van der Waals surface area contributed by atoms with Crippen molar-refractivity contribution in [1.29, 1.82) is 0 Å². The minimum atomic E-state index is -3.66. The van der Waals surface area contributed by atoms with Gasteiger partial charge in [0.15, 0.2) is 0 Å². The van der Waals surface area contributed by atoms with Gasteiger partial charge < -0.3 is 4.90 Å². The Hall–Kier alpha value is -2.18. The molecule has 29 heavy (non-hydrogen) atoms. The highest BCUT2D eigenvalue weighted by atomic mass is 32.2. The van der Waals surface area contributed by atoms with Crippen LogP contribution >= 0.6 is 0 Å². The van der Waals surface area contributed by atoms with Gasteiger partial charge in [-0.1, -0.05) is 48.0 Å². The summed E-state index contributed by atoms with van der Waals surface area (Å²) in [5.41, 5.74) is 2.34. The van der Waals surface area contributed by atoms with Crippen molar-refractivity contribution in [3.8, 4) is 0 Å². The quantitative estimate of drug-likeness (QED) is 0.772. The maximum absolute atomic E-state index is 13.2. The summed E-state index contributed by atoms with van der Waals surface area (Å²) in [6.45, 7) is 3.71. The molecule has 0 aromatic heterocycles. The summed E-state index contributed by atoms with van der Waals surface area (Å²) < 4.78 is 27.7. The number of carbonyl (C=O) groups excluding carboxylic acids is 1. The van der Waals surface area contributed by atoms with Crippen LogP contribution in [0.5, 0.6) is 0 Å². The molecule has 2 fully saturated rings. The smallest absolute Gasteiger partial charge is 0.243 e. The lowest BCUT2D eigenvalue weighted by molar-refractivity contribution is -0.135. The van der Waals surface area contributed by atoms with E-state index >= 15 is 0 Å². The number of nitrogens with zero attached hydrogens (tertiary/aromatic N) is 2. The van der Waals surface area contributed by atoms with Crippen LogP contribution in [0.25, 0.3) is 0 Å². The molecule has 2 saturated heterocycles. The largest absolute Gasteiger partial charge is 0.341 e. The van der Waals surface area contributed by atoms with Gasteiger partial charge in [0.05, 0.1) is 4.90 Å². The van der Waals surface area contributed by atoms with E-state index in [9.17, 15) is 13.2 Å². The number of rotatable bonds is 4. The highest BCUT2D eigenvalue weighted by Gasteiger charge is 2.41. The van der Waals surface area contributed by atoms with Crippen LogP contribution in [0.4, 0.5) is 0 Å². The third-order valence-electron chi connectivity index (χ3n) is 6.19. The van der Waals surface area contributed by atoms with Crippen LogP contribution in [0.3, 0.4) is 0 Å². The topological polar surface area (TPSA) is 57.7 Å². The lowest BCUT2D eigenvalue weighted by Gasteiger charge is -2.35. The van der Waals surface area contributed by atoms with E-state index in [1.54, 1.807) is 24.3 Å². The van der Waals surface area contributed by atoms with Crippen LogP contribution < -0.4 is 0 Å². The molecule has 5 nitrogen and oxygen atoms in total. The monoisotopic (exact) mass is 412 g/mol. The fourth-order valence-electron chi connectivity index (χ4n) is 4.49. The number of hydrogen-bond donors (Lipinski definition) is 0. The molecule has 2 heterocycles. The Bertz CT molecular complexity index is 949. The predicted octanol–water partition coefficient (Wildman–Crippen LogP) is 3.55. The van der Waals surface area contributed by atoms with Crippen molar-refractivity contribution in [3.63, 3.8) is 0 Å². The van der Waals surface area contributed by atoms with Crippen molar-refractivity contribution in [3.05, 3.63) is 65.7 Å². The summed E-state index contributed by atoms with van der Waals surface area (Å²) in [6, 6.07) is 16.7. The Morgan fingerprint density at radius 2 is 1.55 bits per heavy atom. The number of hydrogen-bond acceptors (Lipinski definition) is 3. The summed E-state index contributed by atoms with van der Waals surface area (Å²) >= 11 is 0. The van der Waals surface area contributed by atoms with Gasteiger partial charge in [-0.25, -0.2) is 8.42 Å². The van der Waals surface area contributed by atoms with Gasteiger partial charge in [-0.3, -0.25) is 4.79 Å². The number of likely N-dealkylation sites (tertiary alicyclic amines) is 1. The molecule has 1 atom stereocenters. The van der Waals surface area contributed by atoms with Gasteiger partial charge in [0, 0.05) is 19.6 Å². The van der Waals surface area contributed by atoms with E-state index in [0.29, 0.717) is 32.0 Å². The molecule has 0 bridgehead atoms. The number of carbonyl (C=O) groups is 1. The van der Waals surface area contributed by atoms with E-state index in [4.69, 9.17) is 0 Å². The summed E-state index contributed by atoms with van der Waals surface area (Å²) in [7, 11) is -3.66. The molecule has 4 rings (SSSR count). The van der Waals surface area contributed by atoms with Crippen LogP contribution in [-0.2, 0) is 14.8 Å². The van der Waals surface area contributed by atoms with Crippen molar-refractivity contribution in [1.82, 2.24) is 9.21 Å². The summed E-state index contributed by atoms with van der Waals surface area (Å²) in [5.74, 6) is 0.431. The lowest BCUT2D eigenvalue weighted by atomic mass is 9.89. The molecule has 0 spiro atoms. The molecule has 2 aromatic rings. The first-order chi connectivity index (χ1) is 14.0. The first-order valence-corrected chi connectivity index (χ1v) is 11.8. The van der Waals surface area contributed by atoms with Crippen molar-refractivity contribution in [2.75, 3.05) is 19.6 Å². The Balaban J connectivity index is 1.45. The molecule has 2 aliphatic heterocycles. The van der Waals surface area contributed by atoms with E-state index < -0.39 is 16.1 Å². The number of aryl methyl sites for hydroxylation is 1. The third-order valence-corrected chi connectivity index (χ3v) is 8.12. The predicted molar refractivity (Wildman–Crippen MR) is 113 cm³/mol. The zero-order valence-electron chi connectivity index (χ0n) is 16.8. The Labute approximate surface area is 173 Å². The minimum Gasteiger partial charge on any atom is -0.341 e.